The number of amides is 1. The third-order valence-corrected chi connectivity index (χ3v) is 5.23. The maximum Gasteiger partial charge on any atom is 0.290 e. The van der Waals surface area contributed by atoms with E-state index in [9.17, 15) is 4.79 Å². The molecule has 3 atom stereocenters. The first kappa shape index (κ1) is 21.2. The van der Waals surface area contributed by atoms with Gasteiger partial charge in [0.15, 0.2) is 0 Å². The van der Waals surface area contributed by atoms with Crippen LogP contribution in [-0.4, -0.2) is 58.8 Å². The number of likely N-dealkylation sites (tertiary alicyclic amines) is 1. The number of carboxylic acid groups (broad SMARTS) is 1. The Morgan fingerprint density at radius 3 is 2.93 bits per heavy atom. The van der Waals surface area contributed by atoms with Crippen LogP contribution in [0.15, 0.2) is 48.8 Å². The number of hydrogen-bond donors (Lipinski definition) is 1. The summed E-state index contributed by atoms with van der Waals surface area (Å²) >= 11 is 6.05. The van der Waals surface area contributed by atoms with E-state index in [0.717, 1.165) is 18.4 Å². The standard InChI is InChI=1S/C20H21ClN2O3.CH2O2/c21-16-6-1-5-15(10-16)20(24)23-12-18(19-17(23)7-3-9-25-19)26-13-14-4-2-8-22-11-14;2-1-3/h1-2,4-6,8,10-11,17-19H,3,7,9,12-13H2;1H,(H,2,3)/t17-,18+,19-;/m0./s1. The van der Waals surface area contributed by atoms with Gasteiger partial charge in [0.25, 0.3) is 12.4 Å². The van der Waals surface area contributed by atoms with Gasteiger partial charge in [0.1, 0.15) is 12.2 Å². The number of rotatable bonds is 4. The van der Waals surface area contributed by atoms with Crippen LogP contribution < -0.4 is 0 Å². The maximum atomic E-state index is 13.0. The second-order valence-corrected chi connectivity index (χ2v) is 7.27. The van der Waals surface area contributed by atoms with Gasteiger partial charge < -0.3 is 19.5 Å². The Balaban J connectivity index is 0.000000755. The molecule has 154 valence electrons. The molecule has 8 heteroatoms. The van der Waals surface area contributed by atoms with Crippen molar-refractivity contribution in [3.05, 3.63) is 64.9 Å². The number of fused-ring (bicyclic) bond motifs is 1. The highest BCUT2D eigenvalue weighted by atomic mass is 35.5. The van der Waals surface area contributed by atoms with Crippen LogP contribution in [0, 0.1) is 0 Å². The fourth-order valence-corrected chi connectivity index (χ4v) is 3.95. The van der Waals surface area contributed by atoms with Crippen LogP contribution in [0.2, 0.25) is 5.02 Å². The number of carbonyl (C=O) groups is 2. The summed E-state index contributed by atoms with van der Waals surface area (Å²) in [5, 5.41) is 7.45. The lowest BCUT2D eigenvalue weighted by Crippen LogP contribution is -2.43. The van der Waals surface area contributed by atoms with Crippen LogP contribution in [0.1, 0.15) is 28.8 Å². The highest BCUT2D eigenvalue weighted by Gasteiger charge is 2.46. The van der Waals surface area contributed by atoms with Gasteiger partial charge in [-0.15, -0.1) is 0 Å². The van der Waals surface area contributed by atoms with Crippen molar-refractivity contribution < 1.29 is 24.2 Å². The zero-order chi connectivity index (χ0) is 20.6. The maximum absolute atomic E-state index is 13.0. The zero-order valence-corrected chi connectivity index (χ0v) is 16.6. The minimum absolute atomic E-state index is 0.0134. The molecule has 3 heterocycles. The predicted octanol–water partition coefficient (Wildman–Crippen LogP) is 3.02. The van der Waals surface area contributed by atoms with Crippen molar-refractivity contribution in [2.45, 2.75) is 37.7 Å². The van der Waals surface area contributed by atoms with Crippen LogP contribution in [0.3, 0.4) is 0 Å². The van der Waals surface area contributed by atoms with E-state index >= 15 is 0 Å². The van der Waals surface area contributed by atoms with E-state index in [-0.39, 0.29) is 30.6 Å². The number of hydrogen-bond acceptors (Lipinski definition) is 5. The first-order valence-corrected chi connectivity index (χ1v) is 9.78. The number of carbonyl (C=O) groups excluding carboxylic acids is 1. The predicted molar refractivity (Wildman–Crippen MR) is 107 cm³/mol. The molecule has 7 nitrogen and oxygen atoms in total. The molecule has 2 fully saturated rings. The van der Waals surface area contributed by atoms with E-state index in [4.69, 9.17) is 31.0 Å². The van der Waals surface area contributed by atoms with E-state index in [1.54, 1.807) is 36.7 Å². The monoisotopic (exact) mass is 418 g/mol. The van der Waals surface area contributed by atoms with Crippen molar-refractivity contribution in [2.24, 2.45) is 0 Å². The lowest BCUT2D eigenvalue weighted by Gasteiger charge is -2.32. The number of pyridine rings is 1. The Hall–Kier alpha value is -2.48. The van der Waals surface area contributed by atoms with Gasteiger partial charge in [-0.1, -0.05) is 23.7 Å². The average Bonchev–Trinajstić information content (AvgIpc) is 3.12. The fourth-order valence-electron chi connectivity index (χ4n) is 3.76. The summed E-state index contributed by atoms with van der Waals surface area (Å²) in [6.45, 7) is 1.46. The van der Waals surface area contributed by atoms with E-state index in [0.29, 0.717) is 30.3 Å². The second kappa shape index (κ2) is 10.3. The number of halogens is 1. The third-order valence-electron chi connectivity index (χ3n) is 5.00. The van der Waals surface area contributed by atoms with Crippen molar-refractivity contribution >= 4 is 24.0 Å². The van der Waals surface area contributed by atoms with Gasteiger partial charge >= 0.3 is 0 Å². The molecule has 1 N–H and O–H groups in total. The molecule has 0 bridgehead atoms. The largest absolute Gasteiger partial charge is 0.483 e. The summed E-state index contributed by atoms with van der Waals surface area (Å²) in [5.41, 5.74) is 1.62. The van der Waals surface area contributed by atoms with Crippen LogP contribution in [0.25, 0.3) is 0 Å². The second-order valence-electron chi connectivity index (χ2n) is 6.83. The minimum atomic E-state index is -0.250. The first-order valence-electron chi connectivity index (χ1n) is 9.40. The summed E-state index contributed by atoms with van der Waals surface area (Å²) in [5.74, 6) is -0.0134. The molecular weight excluding hydrogens is 396 g/mol. The summed E-state index contributed by atoms with van der Waals surface area (Å²) < 4.78 is 12.1. The molecule has 0 unspecified atom stereocenters. The molecule has 0 radical (unpaired) electrons. The van der Waals surface area contributed by atoms with Gasteiger partial charge in [-0.3, -0.25) is 14.6 Å². The fraction of sp³-hybridized carbons (Fsp3) is 0.381. The Morgan fingerprint density at radius 1 is 1.38 bits per heavy atom. The minimum Gasteiger partial charge on any atom is -0.483 e. The molecule has 1 aromatic carbocycles. The first-order chi connectivity index (χ1) is 14.1. The van der Waals surface area contributed by atoms with Gasteiger partial charge in [0, 0.05) is 29.6 Å². The average molecular weight is 419 g/mol. The van der Waals surface area contributed by atoms with E-state index in [1.165, 1.54) is 0 Å². The summed E-state index contributed by atoms with van der Waals surface area (Å²) in [6.07, 6.45) is 5.21. The van der Waals surface area contributed by atoms with Crippen molar-refractivity contribution in [1.29, 1.82) is 0 Å². The molecule has 0 aliphatic carbocycles. The van der Waals surface area contributed by atoms with Crippen molar-refractivity contribution in [1.82, 2.24) is 9.88 Å². The quantitative estimate of drug-likeness (QED) is 0.768. The van der Waals surface area contributed by atoms with Crippen LogP contribution in [0.5, 0.6) is 0 Å². The lowest BCUT2D eigenvalue weighted by molar-refractivity contribution is -0.122. The molecule has 0 spiro atoms. The van der Waals surface area contributed by atoms with Crippen molar-refractivity contribution in [3.63, 3.8) is 0 Å². The van der Waals surface area contributed by atoms with Crippen molar-refractivity contribution in [3.8, 4) is 0 Å². The summed E-state index contributed by atoms with van der Waals surface area (Å²) in [4.78, 5) is 27.4. The number of benzene rings is 1. The van der Waals surface area contributed by atoms with Gasteiger partial charge in [0.05, 0.1) is 19.2 Å². The number of ether oxygens (including phenoxy) is 2. The molecule has 4 rings (SSSR count). The smallest absolute Gasteiger partial charge is 0.290 e. The molecule has 2 aromatic rings. The molecular formula is C21H23ClN2O5. The molecule has 29 heavy (non-hydrogen) atoms. The van der Waals surface area contributed by atoms with E-state index in [1.807, 2.05) is 17.0 Å². The Morgan fingerprint density at radius 2 is 2.21 bits per heavy atom. The van der Waals surface area contributed by atoms with Gasteiger partial charge in [-0.2, -0.15) is 0 Å². The Labute approximate surface area is 174 Å². The summed E-state index contributed by atoms with van der Waals surface area (Å²) in [7, 11) is 0. The number of aromatic nitrogens is 1. The molecule has 1 aromatic heterocycles. The Bertz CT molecular complexity index is 820. The van der Waals surface area contributed by atoms with Crippen LogP contribution >= 0.6 is 11.6 Å². The lowest BCUT2D eigenvalue weighted by atomic mass is 10.0. The normalized spacial score (nSPS) is 22.9. The molecule has 1 amide bonds. The molecule has 2 saturated heterocycles. The molecule has 2 aliphatic heterocycles. The molecule has 2 aliphatic rings. The van der Waals surface area contributed by atoms with E-state index in [2.05, 4.69) is 4.98 Å². The highest BCUT2D eigenvalue weighted by molar-refractivity contribution is 6.30. The zero-order valence-electron chi connectivity index (χ0n) is 15.8. The highest BCUT2D eigenvalue weighted by Crippen LogP contribution is 2.32. The molecule has 0 saturated carbocycles. The van der Waals surface area contributed by atoms with E-state index < -0.39 is 0 Å². The SMILES string of the molecule is O=C(c1cccc(Cl)c1)N1C[C@@H](OCc2cccnc2)[C@H]2OCCC[C@@H]21.O=CO. The van der Waals surface area contributed by atoms with Crippen molar-refractivity contribution in [2.75, 3.05) is 13.2 Å². The van der Waals surface area contributed by atoms with Gasteiger partial charge in [-0.05, 0) is 42.7 Å². The van der Waals surface area contributed by atoms with Crippen LogP contribution in [-0.2, 0) is 20.9 Å². The number of nitrogens with zero attached hydrogens (tertiary/aromatic N) is 2. The summed E-state index contributed by atoms with van der Waals surface area (Å²) in [6, 6.07) is 11.0. The van der Waals surface area contributed by atoms with Gasteiger partial charge in [0.2, 0.25) is 0 Å². The Kier molecular flexibility index (Phi) is 7.57. The van der Waals surface area contributed by atoms with Gasteiger partial charge in [-0.25, -0.2) is 0 Å². The van der Waals surface area contributed by atoms with Crippen LogP contribution in [0.4, 0.5) is 0 Å². The topological polar surface area (TPSA) is 89.0 Å². The third kappa shape index (κ3) is 5.32.